The Kier molecular flexibility index (Phi) is 5.69. The largest absolute Gasteiger partial charge is 0.465 e. The lowest BCUT2D eigenvalue weighted by atomic mass is 10.0. The molecule has 0 fully saturated rings. The molecule has 0 saturated carbocycles. The van der Waals surface area contributed by atoms with Crippen LogP contribution in [-0.2, 0) is 23.5 Å². The fraction of sp³-hybridized carbons (Fsp3) is 0.429. The molecule has 0 unspecified atom stereocenters. The highest BCUT2D eigenvalue weighted by molar-refractivity contribution is 14.1. The molecule has 2 heterocycles. The van der Waals surface area contributed by atoms with Crippen molar-refractivity contribution >= 4 is 40.2 Å². The lowest BCUT2D eigenvalue weighted by molar-refractivity contribution is -0.157. The van der Waals surface area contributed by atoms with Crippen LogP contribution in [0, 0.1) is 0 Å². The molecular weight excluding hydrogens is 401 g/mol. The van der Waals surface area contributed by atoms with Gasteiger partial charge in [-0.05, 0) is 19.9 Å². The highest BCUT2D eigenvalue weighted by atomic mass is 127. The molecule has 0 aliphatic rings. The minimum absolute atomic E-state index is 0.182. The molecule has 0 N–H and O–H groups in total. The molecule has 0 atom stereocenters. The number of hydrogen-bond acceptors (Lipinski definition) is 6. The van der Waals surface area contributed by atoms with E-state index in [0.717, 1.165) is 5.69 Å². The Morgan fingerprint density at radius 3 is 2.45 bits per heavy atom. The summed E-state index contributed by atoms with van der Waals surface area (Å²) in [7, 11) is 0. The van der Waals surface area contributed by atoms with Crippen molar-refractivity contribution in [2.24, 2.45) is 0 Å². The number of ether oxygens (including phenoxy) is 2. The van der Waals surface area contributed by atoms with Gasteiger partial charge in [-0.1, -0.05) is 22.6 Å². The number of halogens is 1. The molecule has 118 valence electrons. The van der Waals surface area contributed by atoms with Crippen molar-refractivity contribution in [3.63, 3.8) is 0 Å². The van der Waals surface area contributed by atoms with Gasteiger partial charge in [0.1, 0.15) is 0 Å². The van der Waals surface area contributed by atoms with E-state index in [0.29, 0.717) is 15.8 Å². The Morgan fingerprint density at radius 1 is 1.27 bits per heavy atom. The van der Waals surface area contributed by atoms with Crippen LogP contribution in [0.4, 0.5) is 0 Å². The number of carbonyl (C=O) groups excluding carboxylic acids is 2. The summed E-state index contributed by atoms with van der Waals surface area (Å²) >= 11 is 2.17. The third kappa shape index (κ3) is 3.37. The van der Waals surface area contributed by atoms with E-state index in [-0.39, 0.29) is 13.2 Å². The zero-order chi connectivity index (χ0) is 16.1. The SMILES string of the molecule is CCOC(=O)C(C(=O)OCC)c1cc(CI)nc2ccnn12. The Bertz CT molecular complexity index is 668. The first-order valence-electron chi connectivity index (χ1n) is 6.85. The Labute approximate surface area is 141 Å². The summed E-state index contributed by atoms with van der Waals surface area (Å²) in [6.07, 6.45) is 1.57. The van der Waals surface area contributed by atoms with Gasteiger partial charge in [0.25, 0.3) is 0 Å². The monoisotopic (exact) mass is 417 g/mol. The van der Waals surface area contributed by atoms with E-state index >= 15 is 0 Å². The predicted molar refractivity (Wildman–Crippen MR) is 86.7 cm³/mol. The lowest BCUT2D eigenvalue weighted by Gasteiger charge is -2.16. The number of hydrogen-bond donors (Lipinski definition) is 0. The van der Waals surface area contributed by atoms with Crippen LogP contribution in [0.15, 0.2) is 18.3 Å². The normalized spacial score (nSPS) is 10.9. The Hall–Kier alpha value is -1.71. The van der Waals surface area contributed by atoms with E-state index in [1.807, 2.05) is 0 Å². The van der Waals surface area contributed by atoms with Crippen molar-refractivity contribution in [2.45, 2.75) is 24.2 Å². The van der Waals surface area contributed by atoms with Crippen LogP contribution < -0.4 is 0 Å². The lowest BCUT2D eigenvalue weighted by Crippen LogP contribution is -2.28. The second-order valence-electron chi connectivity index (χ2n) is 4.34. The van der Waals surface area contributed by atoms with Crippen LogP contribution in [0.25, 0.3) is 5.65 Å². The van der Waals surface area contributed by atoms with Gasteiger partial charge in [-0.3, -0.25) is 9.59 Å². The van der Waals surface area contributed by atoms with Crippen LogP contribution in [-0.4, -0.2) is 39.8 Å². The number of aromatic nitrogens is 3. The summed E-state index contributed by atoms with van der Waals surface area (Å²) in [5.74, 6) is -2.47. The molecule has 2 rings (SSSR count). The van der Waals surface area contributed by atoms with Crippen molar-refractivity contribution in [3.05, 3.63) is 29.7 Å². The molecule has 0 spiro atoms. The summed E-state index contributed by atoms with van der Waals surface area (Å²) < 4.78 is 12.2. The number of rotatable bonds is 6. The predicted octanol–water partition coefficient (Wildman–Crippen LogP) is 1.87. The van der Waals surface area contributed by atoms with Crippen LogP contribution in [0.2, 0.25) is 0 Å². The quantitative estimate of drug-likeness (QED) is 0.309. The number of nitrogens with zero attached hydrogens (tertiary/aromatic N) is 3. The van der Waals surface area contributed by atoms with Crippen LogP contribution in [0.3, 0.4) is 0 Å². The van der Waals surface area contributed by atoms with Crippen LogP contribution in [0.1, 0.15) is 31.2 Å². The standard InChI is InChI=1S/C14H16IN3O4/c1-3-21-13(19)12(14(20)22-4-2)10-7-9(8-15)17-11-5-6-16-18(10)11/h5-7,12H,3-4,8H2,1-2H3. The van der Waals surface area contributed by atoms with Crippen molar-refractivity contribution in [3.8, 4) is 0 Å². The van der Waals surface area contributed by atoms with Gasteiger partial charge in [0.15, 0.2) is 11.6 Å². The van der Waals surface area contributed by atoms with Crippen molar-refractivity contribution in [2.75, 3.05) is 13.2 Å². The summed E-state index contributed by atoms with van der Waals surface area (Å²) in [6.45, 7) is 3.74. The highest BCUT2D eigenvalue weighted by Gasteiger charge is 2.34. The molecular formula is C14H16IN3O4. The molecule has 0 amide bonds. The molecule has 8 heteroatoms. The van der Waals surface area contributed by atoms with Gasteiger partial charge >= 0.3 is 11.9 Å². The van der Waals surface area contributed by atoms with Gasteiger partial charge < -0.3 is 9.47 Å². The van der Waals surface area contributed by atoms with E-state index in [2.05, 4.69) is 32.7 Å². The number of esters is 2. The third-order valence-electron chi connectivity index (χ3n) is 2.92. The van der Waals surface area contributed by atoms with Crippen molar-refractivity contribution in [1.29, 1.82) is 0 Å². The number of carbonyl (C=O) groups is 2. The molecule has 0 aromatic carbocycles. The second kappa shape index (κ2) is 7.52. The summed E-state index contributed by atoms with van der Waals surface area (Å²) in [4.78, 5) is 28.9. The van der Waals surface area contributed by atoms with Crippen LogP contribution >= 0.6 is 22.6 Å². The third-order valence-corrected chi connectivity index (χ3v) is 3.70. The van der Waals surface area contributed by atoms with Gasteiger partial charge in [-0.15, -0.1) is 0 Å². The van der Waals surface area contributed by atoms with Gasteiger partial charge in [0.2, 0.25) is 0 Å². The van der Waals surface area contributed by atoms with Gasteiger partial charge in [0, 0.05) is 10.5 Å². The Morgan fingerprint density at radius 2 is 1.91 bits per heavy atom. The first-order valence-corrected chi connectivity index (χ1v) is 8.37. The zero-order valence-electron chi connectivity index (χ0n) is 12.3. The smallest absolute Gasteiger partial charge is 0.326 e. The average Bonchev–Trinajstić information content (AvgIpc) is 2.96. The van der Waals surface area contributed by atoms with Gasteiger partial charge in [0.05, 0.1) is 30.8 Å². The molecule has 0 radical (unpaired) electrons. The van der Waals surface area contributed by atoms with Crippen molar-refractivity contribution < 1.29 is 19.1 Å². The molecule has 0 bridgehead atoms. The molecule has 0 aliphatic heterocycles. The first kappa shape index (κ1) is 16.7. The molecule has 0 aliphatic carbocycles. The highest BCUT2D eigenvalue weighted by Crippen LogP contribution is 2.22. The second-order valence-corrected chi connectivity index (χ2v) is 5.11. The molecule has 2 aromatic heterocycles. The van der Waals surface area contributed by atoms with Crippen LogP contribution in [0.5, 0.6) is 0 Å². The first-order chi connectivity index (χ1) is 10.6. The van der Waals surface area contributed by atoms with E-state index in [1.54, 1.807) is 32.2 Å². The fourth-order valence-corrected chi connectivity index (χ4v) is 2.44. The molecule has 2 aromatic rings. The summed E-state index contributed by atoms with van der Waals surface area (Å²) in [5.41, 5.74) is 1.73. The average molecular weight is 417 g/mol. The molecule has 0 saturated heterocycles. The minimum Gasteiger partial charge on any atom is -0.465 e. The minimum atomic E-state index is -1.17. The van der Waals surface area contributed by atoms with E-state index in [4.69, 9.17) is 9.47 Å². The summed E-state index contributed by atoms with van der Waals surface area (Å²) in [5, 5.41) is 4.14. The maximum Gasteiger partial charge on any atom is 0.326 e. The fourth-order valence-electron chi connectivity index (χ4n) is 2.05. The number of alkyl halides is 1. The number of fused-ring (bicyclic) bond motifs is 1. The van der Waals surface area contributed by atoms with E-state index < -0.39 is 17.9 Å². The van der Waals surface area contributed by atoms with E-state index in [9.17, 15) is 9.59 Å². The maximum atomic E-state index is 12.2. The molecule has 22 heavy (non-hydrogen) atoms. The van der Waals surface area contributed by atoms with Gasteiger partial charge in [-0.25, -0.2) is 9.50 Å². The Balaban J connectivity index is 2.57. The summed E-state index contributed by atoms with van der Waals surface area (Å²) in [6, 6.07) is 3.40. The van der Waals surface area contributed by atoms with Gasteiger partial charge in [-0.2, -0.15) is 5.10 Å². The maximum absolute atomic E-state index is 12.2. The van der Waals surface area contributed by atoms with Crippen molar-refractivity contribution in [1.82, 2.24) is 14.6 Å². The topological polar surface area (TPSA) is 82.8 Å². The van der Waals surface area contributed by atoms with E-state index in [1.165, 1.54) is 4.52 Å². The zero-order valence-corrected chi connectivity index (χ0v) is 14.4. The molecule has 7 nitrogen and oxygen atoms in total.